The molecule has 0 aliphatic carbocycles. The SMILES string of the molecule is COCC(COC)OC(=O)[C@H](C)NP(=O)(OC[C@H]1O[C@@H](N2CCC(=O)NC2=O)[C@@](F)(Cl)[C@@H]1O)Oc1ccccc1. The third-order valence-electron chi connectivity index (χ3n) is 5.82. The summed E-state index contributed by atoms with van der Waals surface area (Å²) in [5.41, 5.74) is 0. The van der Waals surface area contributed by atoms with Crippen molar-refractivity contribution in [3.63, 3.8) is 0 Å². The van der Waals surface area contributed by atoms with E-state index in [4.69, 9.17) is 39.6 Å². The Kier molecular flexibility index (Phi) is 11.3. The molecule has 17 heteroatoms. The van der Waals surface area contributed by atoms with Gasteiger partial charge in [-0.3, -0.25) is 24.3 Å². The normalized spacial score (nSPS) is 27.3. The first-order valence-corrected chi connectivity index (χ1v) is 14.1. The number of rotatable bonds is 14. The minimum Gasteiger partial charge on any atom is -0.456 e. The van der Waals surface area contributed by atoms with Crippen molar-refractivity contribution in [2.45, 2.75) is 49.1 Å². The summed E-state index contributed by atoms with van der Waals surface area (Å²) in [6.45, 7) is 0.497. The number of aliphatic hydroxyl groups is 1. The number of methoxy groups -OCH3 is 2. The van der Waals surface area contributed by atoms with E-state index in [1.165, 1.54) is 33.3 Å². The van der Waals surface area contributed by atoms with Gasteiger partial charge in [0.05, 0.1) is 19.8 Å². The first-order chi connectivity index (χ1) is 18.9. The Morgan fingerprint density at radius 1 is 1.30 bits per heavy atom. The lowest BCUT2D eigenvalue weighted by molar-refractivity contribution is -0.156. The Balaban J connectivity index is 1.73. The third kappa shape index (κ3) is 8.10. The highest BCUT2D eigenvalue weighted by atomic mass is 35.5. The van der Waals surface area contributed by atoms with Crippen LogP contribution >= 0.6 is 19.3 Å². The monoisotopic (exact) mass is 611 g/mol. The van der Waals surface area contributed by atoms with E-state index in [9.17, 15) is 24.1 Å². The standard InChI is InChI=1S/C23H32ClFN3O11P/c1-14(20(31)37-16(11-34-2)12-35-3)27-40(33,39-15-7-5-4-6-8-15)36-13-17-19(30)23(24,25)21(38-17)28-10-9-18(29)26-22(28)32/h4-8,14,16-17,19,21,30H,9-13H2,1-3H3,(H,27,33)(H,26,29,32)/t14-,17+,19+,21+,23+,40?/m0/s1. The molecular formula is C23H32ClFN3O11P. The van der Waals surface area contributed by atoms with Gasteiger partial charge in [-0.1, -0.05) is 29.8 Å². The number of esters is 1. The van der Waals surface area contributed by atoms with Crippen molar-refractivity contribution in [2.75, 3.05) is 40.6 Å². The van der Waals surface area contributed by atoms with Crippen LogP contribution in [0.5, 0.6) is 5.75 Å². The highest BCUT2D eigenvalue weighted by Crippen LogP contribution is 2.47. The van der Waals surface area contributed by atoms with E-state index in [1.54, 1.807) is 18.2 Å². The van der Waals surface area contributed by atoms with E-state index >= 15 is 4.39 Å². The van der Waals surface area contributed by atoms with Crippen LogP contribution in [0.25, 0.3) is 0 Å². The molecule has 0 aromatic heterocycles. The van der Waals surface area contributed by atoms with Gasteiger partial charge < -0.3 is 28.6 Å². The number of ether oxygens (including phenoxy) is 4. The fourth-order valence-electron chi connectivity index (χ4n) is 3.86. The summed E-state index contributed by atoms with van der Waals surface area (Å²) in [6, 6.07) is 5.66. The lowest BCUT2D eigenvalue weighted by Gasteiger charge is -2.34. The van der Waals surface area contributed by atoms with Crippen LogP contribution in [0, 0.1) is 0 Å². The van der Waals surface area contributed by atoms with E-state index in [-0.39, 0.29) is 31.9 Å². The average molecular weight is 612 g/mol. The second-order valence-electron chi connectivity index (χ2n) is 8.96. The number of carbonyl (C=O) groups excluding carboxylic acids is 3. The number of hydrogen-bond donors (Lipinski definition) is 3. The molecule has 224 valence electrons. The van der Waals surface area contributed by atoms with Crippen molar-refractivity contribution < 1.29 is 56.4 Å². The number of nitrogens with one attached hydrogen (secondary N) is 2. The number of urea groups is 1. The summed E-state index contributed by atoms with van der Waals surface area (Å²) < 4.78 is 60.9. The highest BCUT2D eigenvalue weighted by molar-refractivity contribution is 7.52. The van der Waals surface area contributed by atoms with E-state index in [2.05, 4.69) is 5.09 Å². The molecule has 3 amide bonds. The number of aliphatic hydroxyl groups excluding tert-OH is 1. The van der Waals surface area contributed by atoms with Crippen LogP contribution in [0.1, 0.15) is 13.3 Å². The molecule has 3 N–H and O–H groups in total. The molecule has 14 nitrogen and oxygen atoms in total. The molecule has 40 heavy (non-hydrogen) atoms. The Bertz CT molecular complexity index is 1080. The van der Waals surface area contributed by atoms with Crippen molar-refractivity contribution >= 4 is 37.3 Å². The molecule has 2 heterocycles. The molecular weight excluding hydrogens is 580 g/mol. The number of hydrogen-bond acceptors (Lipinski definition) is 11. The van der Waals surface area contributed by atoms with Gasteiger partial charge in [-0.25, -0.2) is 13.8 Å². The fraction of sp³-hybridized carbons (Fsp3) is 0.609. The van der Waals surface area contributed by atoms with Crippen LogP contribution in [0.3, 0.4) is 0 Å². The number of imide groups is 1. The fourth-order valence-corrected chi connectivity index (χ4v) is 5.67. The number of halogens is 2. The molecule has 2 fully saturated rings. The number of nitrogens with zero attached hydrogens (tertiary/aromatic N) is 1. The summed E-state index contributed by atoms with van der Waals surface area (Å²) in [5.74, 6) is -1.29. The van der Waals surface area contributed by atoms with Crippen LogP contribution in [0.4, 0.5) is 9.18 Å². The summed E-state index contributed by atoms with van der Waals surface area (Å²) >= 11 is 5.92. The van der Waals surface area contributed by atoms with E-state index < -0.39 is 68.0 Å². The van der Waals surface area contributed by atoms with E-state index in [1.807, 2.05) is 5.32 Å². The molecule has 2 aliphatic rings. The first-order valence-electron chi connectivity index (χ1n) is 12.2. The summed E-state index contributed by atoms with van der Waals surface area (Å²) in [6.07, 6.45) is -6.24. The molecule has 3 rings (SSSR count). The number of para-hydroxylation sites is 1. The lowest BCUT2D eigenvalue weighted by atomic mass is 10.1. The van der Waals surface area contributed by atoms with Crippen molar-refractivity contribution in [3.05, 3.63) is 30.3 Å². The summed E-state index contributed by atoms with van der Waals surface area (Å²) in [7, 11) is -1.59. The molecule has 1 aromatic carbocycles. The first kappa shape index (κ1) is 32.2. The van der Waals surface area contributed by atoms with E-state index in [0.717, 1.165) is 4.90 Å². The largest absolute Gasteiger partial charge is 0.459 e. The van der Waals surface area contributed by atoms with Crippen LogP contribution in [0.15, 0.2) is 30.3 Å². The smallest absolute Gasteiger partial charge is 0.456 e. The maximum Gasteiger partial charge on any atom is 0.459 e. The molecule has 2 aliphatic heterocycles. The number of carbonyl (C=O) groups is 3. The Labute approximate surface area is 234 Å². The predicted molar refractivity (Wildman–Crippen MR) is 136 cm³/mol. The average Bonchev–Trinajstić information content (AvgIpc) is 3.11. The van der Waals surface area contributed by atoms with Crippen LogP contribution in [0.2, 0.25) is 0 Å². The van der Waals surface area contributed by atoms with Crippen molar-refractivity contribution in [1.29, 1.82) is 0 Å². The Hall–Kier alpha value is -2.36. The molecule has 0 bridgehead atoms. The molecule has 6 atom stereocenters. The van der Waals surface area contributed by atoms with Gasteiger partial charge in [0.15, 0.2) is 6.23 Å². The maximum absolute atomic E-state index is 15.3. The third-order valence-corrected chi connectivity index (χ3v) is 7.87. The molecule has 1 aromatic rings. The van der Waals surface area contributed by atoms with Gasteiger partial charge in [0.25, 0.3) is 5.13 Å². The van der Waals surface area contributed by atoms with Gasteiger partial charge >= 0.3 is 19.7 Å². The quantitative estimate of drug-likeness (QED) is 0.157. The number of amides is 3. The maximum atomic E-state index is 15.3. The zero-order chi connectivity index (χ0) is 29.5. The number of alkyl halides is 2. The second-order valence-corrected chi connectivity index (χ2v) is 11.2. The van der Waals surface area contributed by atoms with Crippen molar-refractivity contribution in [1.82, 2.24) is 15.3 Å². The van der Waals surface area contributed by atoms with Gasteiger partial charge in [0.1, 0.15) is 30.1 Å². The van der Waals surface area contributed by atoms with Crippen LogP contribution < -0.4 is 14.9 Å². The van der Waals surface area contributed by atoms with Gasteiger partial charge in [-0.05, 0) is 19.1 Å². The molecule has 0 saturated carbocycles. The van der Waals surface area contributed by atoms with Gasteiger partial charge in [-0.15, -0.1) is 0 Å². The lowest BCUT2D eigenvalue weighted by Crippen LogP contribution is -2.58. The van der Waals surface area contributed by atoms with Gasteiger partial charge in [-0.2, -0.15) is 5.09 Å². The van der Waals surface area contributed by atoms with E-state index in [0.29, 0.717) is 0 Å². The van der Waals surface area contributed by atoms with Gasteiger partial charge in [0, 0.05) is 27.2 Å². The minimum atomic E-state index is -4.43. The van der Waals surface area contributed by atoms with Crippen molar-refractivity contribution in [2.24, 2.45) is 0 Å². The zero-order valence-electron chi connectivity index (χ0n) is 22.0. The Morgan fingerprint density at radius 3 is 2.55 bits per heavy atom. The summed E-state index contributed by atoms with van der Waals surface area (Å²) in [4.78, 5) is 37.2. The zero-order valence-corrected chi connectivity index (χ0v) is 23.6. The predicted octanol–water partition coefficient (Wildman–Crippen LogP) is 1.31. The molecule has 0 radical (unpaired) electrons. The molecule has 2 saturated heterocycles. The second kappa shape index (κ2) is 14.0. The Morgan fingerprint density at radius 2 is 1.95 bits per heavy atom. The molecule has 0 spiro atoms. The topological polar surface area (TPSA) is 171 Å². The molecule has 1 unspecified atom stereocenters. The summed E-state index contributed by atoms with van der Waals surface area (Å²) in [5, 5.41) is 12.0. The van der Waals surface area contributed by atoms with Crippen LogP contribution in [-0.2, 0) is 37.6 Å². The number of benzene rings is 1. The van der Waals surface area contributed by atoms with Crippen LogP contribution in [-0.4, -0.2) is 104 Å². The van der Waals surface area contributed by atoms with Crippen molar-refractivity contribution in [3.8, 4) is 5.75 Å². The van der Waals surface area contributed by atoms with Gasteiger partial charge in [0.2, 0.25) is 5.91 Å². The highest BCUT2D eigenvalue weighted by Gasteiger charge is 2.60. The minimum absolute atomic E-state index is 0.0473.